The minimum Gasteiger partial charge on any atom is -0.481 e. The fourth-order valence-corrected chi connectivity index (χ4v) is 5.51. The molecule has 2 fully saturated rings. The number of aliphatic carboxylic acids is 1. The highest BCUT2D eigenvalue weighted by Gasteiger charge is 2.38. The van der Waals surface area contributed by atoms with Gasteiger partial charge in [0.15, 0.2) is 0 Å². The molecule has 1 unspecified atom stereocenters. The number of carboxylic acid groups (broad SMARTS) is 1. The van der Waals surface area contributed by atoms with Gasteiger partial charge in [-0.3, -0.25) is 4.79 Å². The molecule has 0 amide bonds. The summed E-state index contributed by atoms with van der Waals surface area (Å²) in [6.45, 7) is 1.54. The molecule has 2 aliphatic heterocycles. The molecule has 1 atom stereocenters. The molecule has 0 aromatic carbocycles. The van der Waals surface area contributed by atoms with Crippen LogP contribution in [0.4, 0.5) is 0 Å². The van der Waals surface area contributed by atoms with Crippen LogP contribution in [-0.2, 0) is 15.0 Å². The second kappa shape index (κ2) is 5.77. The van der Waals surface area contributed by atoms with Gasteiger partial charge in [-0.05, 0) is 12.8 Å². The summed E-state index contributed by atoms with van der Waals surface area (Å²) in [6, 6.07) is -0.410. The van der Waals surface area contributed by atoms with E-state index in [0.29, 0.717) is 25.4 Å². The summed E-state index contributed by atoms with van der Waals surface area (Å²) in [5.41, 5.74) is 0. The van der Waals surface area contributed by atoms with Crippen LogP contribution in [-0.4, -0.2) is 65.3 Å². The summed E-state index contributed by atoms with van der Waals surface area (Å²) in [6.07, 6.45) is 1.68. The molecule has 0 aliphatic carbocycles. The quantitative estimate of drug-likeness (QED) is 0.802. The van der Waals surface area contributed by atoms with Crippen LogP contribution in [0.3, 0.4) is 0 Å². The van der Waals surface area contributed by atoms with Crippen molar-refractivity contribution in [3.8, 4) is 0 Å². The van der Waals surface area contributed by atoms with Gasteiger partial charge in [-0.15, -0.1) is 0 Å². The summed E-state index contributed by atoms with van der Waals surface area (Å²) in [4.78, 5) is 10.8. The molecule has 8 heteroatoms. The standard InChI is InChI=1S/C10H18N2O4S2/c13-10(14)7-9-8-17-6-5-12(9)18(15,16)11-3-1-2-4-11/h9H,1-8H2,(H,13,14). The van der Waals surface area contributed by atoms with Crippen LogP contribution < -0.4 is 0 Å². The first kappa shape index (κ1) is 14.1. The second-order valence-electron chi connectivity index (χ2n) is 4.55. The van der Waals surface area contributed by atoms with Crippen LogP contribution in [0.15, 0.2) is 0 Å². The Kier molecular flexibility index (Phi) is 4.52. The summed E-state index contributed by atoms with van der Waals surface area (Å²) in [7, 11) is -3.47. The first-order valence-electron chi connectivity index (χ1n) is 6.08. The molecule has 0 aromatic heterocycles. The molecule has 2 saturated heterocycles. The minimum absolute atomic E-state index is 0.111. The molecule has 6 nitrogen and oxygen atoms in total. The molecule has 2 rings (SSSR count). The molecule has 0 spiro atoms. The third-order valence-corrected chi connectivity index (χ3v) is 6.45. The zero-order valence-corrected chi connectivity index (χ0v) is 11.8. The van der Waals surface area contributed by atoms with Crippen LogP contribution in [0, 0.1) is 0 Å². The van der Waals surface area contributed by atoms with E-state index < -0.39 is 22.2 Å². The number of thioether (sulfide) groups is 1. The summed E-state index contributed by atoms with van der Waals surface area (Å²) in [5.74, 6) is 0.367. The van der Waals surface area contributed by atoms with E-state index in [2.05, 4.69) is 0 Å². The van der Waals surface area contributed by atoms with Gasteiger partial charge < -0.3 is 5.11 Å². The molecule has 18 heavy (non-hydrogen) atoms. The molecule has 2 heterocycles. The van der Waals surface area contributed by atoms with Crippen LogP contribution in [0.25, 0.3) is 0 Å². The van der Waals surface area contributed by atoms with Crippen molar-refractivity contribution in [3.63, 3.8) is 0 Å². The fourth-order valence-electron chi connectivity index (χ4n) is 2.37. The normalized spacial score (nSPS) is 27.4. The van der Waals surface area contributed by atoms with E-state index >= 15 is 0 Å². The van der Waals surface area contributed by atoms with E-state index in [1.165, 1.54) is 8.61 Å². The van der Waals surface area contributed by atoms with E-state index in [1.54, 1.807) is 11.8 Å². The van der Waals surface area contributed by atoms with E-state index in [0.717, 1.165) is 18.6 Å². The molecule has 104 valence electrons. The first-order valence-corrected chi connectivity index (χ1v) is 8.63. The van der Waals surface area contributed by atoms with Gasteiger partial charge in [0.05, 0.1) is 6.42 Å². The largest absolute Gasteiger partial charge is 0.481 e. The molecule has 2 aliphatic rings. The Morgan fingerprint density at radius 1 is 1.28 bits per heavy atom. The lowest BCUT2D eigenvalue weighted by Gasteiger charge is -2.35. The summed E-state index contributed by atoms with van der Waals surface area (Å²) >= 11 is 1.62. The van der Waals surface area contributed by atoms with Crippen LogP contribution in [0.2, 0.25) is 0 Å². The molecule has 0 radical (unpaired) electrons. The topological polar surface area (TPSA) is 77.9 Å². The molecule has 0 aromatic rings. The average Bonchev–Trinajstić information content (AvgIpc) is 2.82. The predicted octanol–water partition coefficient (Wildman–Crippen LogP) is 0.219. The Morgan fingerprint density at radius 3 is 2.56 bits per heavy atom. The van der Waals surface area contributed by atoms with Gasteiger partial charge in [0, 0.05) is 37.2 Å². The molecule has 0 bridgehead atoms. The predicted molar refractivity (Wildman–Crippen MR) is 69.8 cm³/mol. The van der Waals surface area contributed by atoms with Crippen molar-refractivity contribution >= 4 is 27.9 Å². The molecule has 0 saturated carbocycles. The van der Waals surface area contributed by atoms with Gasteiger partial charge in [0.2, 0.25) is 0 Å². The monoisotopic (exact) mass is 294 g/mol. The van der Waals surface area contributed by atoms with Gasteiger partial charge in [0.1, 0.15) is 0 Å². The SMILES string of the molecule is O=C(O)CC1CSCCN1S(=O)(=O)N1CCCC1. The molecular formula is C10H18N2O4S2. The van der Waals surface area contributed by atoms with Crippen LogP contribution in [0.5, 0.6) is 0 Å². The Balaban J connectivity index is 2.14. The van der Waals surface area contributed by atoms with E-state index in [1.807, 2.05) is 0 Å². The van der Waals surface area contributed by atoms with Crippen molar-refractivity contribution in [1.82, 2.24) is 8.61 Å². The lowest BCUT2D eigenvalue weighted by atomic mass is 10.2. The number of carbonyl (C=O) groups is 1. The third-order valence-electron chi connectivity index (χ3n) is 3.27. The van der Waals surface area contributed by atoms with Crippen LogP contribution >= 0.6 is 11.8 Å². The maximum absolute atomic E-state index is 12.4. The van der Waals surface area contributed by atoms with E-state index in [4.69, 9.17) is 5.11 Å². The lowest BCUT2D eigenvalue weighted by molar-refractivity contribution is -0.137. The van der Waals surface area contributed by atoms with Crippen molar-refractivity contribution in [2.45, 2.75) is 25.3 Å². The Morgan fingerprint density at radius 2 is 1.94 bits per heavy atom. The van der Waals surface area contributed by atoms with Crippen LogP contribution in [0.1, 0.15) is 19.3 Å². The molecule has 1 N–H and O–H groups in total. The molecular weight excluding hydrogens is 276 g/mol. The number of nitrogens with zero attached hydrogens (tertiary/aromatic N) is 2. The highest BCUT2D eigenvalue weighted by Crippen LogP contribution is 2.25. The number of rotatable bonds is 4. The minimum atomic E-state index is -3.47. The summed E-state index contributed by atoms with van der Waals surface area (Å²) < 4.78 is 27.7. The smallest absolute Gasteiger partial charge is 0.305 e. The lowest BCUT2D eigenvalue weighted by Crippen LogP contribution is -2.52. The fraction of sp³-hybridized carbons (Fsp3) is 0.900. The zero-order chi connectivity index (χ0) is 13.2. The number of hydrogen-bond acceptors (Lipinski definition) is 4. The highest BCUT2D eigenvalue weighted by molar-refractivity contribution is 7.99. The van der Waals surface area contributed by atoms with Gasteiger partial charge >= 0.3 is 5.97 Å². The Bertz CT molecular complexity index is 406. The van der Waals surface area contributed by atoms with E-state index in [9.17, 15) is 13.2 Å². The van der Waals surface area contributed by atoms with Gasteiger partial charge in [-0.25, -0.2) is 0 Å². The third kappa shape index (κ3) is 2.98. The second-order valence-corrected chi connectivity index (χ2v) is 7.58. The van der Waals surface area contributed by atoms with Crippen molar-refractivity contribution in [1.29, 1.82) is 0 Å². The number of hydrogen-bond donors (Lipinski definition) is 1. The van der Waals surface area contributed by atoms with Crippen molar-refractivity contribution in [2.24, 2.45) is 0 Å². The highest BCUT2D eigenvalue weighted by atomic mass is 32.2. The average molecular weight is 294 g/mol. The van der Waals surface area contributed by atoms with Crippen molar-refractivity contribution < 1.29 is 18.3 Å². The maximum atomic E-state index is 12.4. The Hall–Kier alpha value is -0.310. The maximum Gasteiger partial charge on any atom is 0.305 e. The number of carboxylic acids is 1. The van der Waals surface area contributed by atoms with Gasteiger partial charge in [-0.1, -0.05) is 0 Å². The van der Waals surface area contributed by atoms with Gasteiger partial charge in [-0.2, -0.15) is 28.8 Å². The van der Waals surface area contributed by atoms with Crippen molar-refractivity contribution in [3.05, 3.63) is 0 Å². The summed E-state index contributed by atoms with van der Waals surface area (Å²) in [5, 5.41) is 8.87. The zero-order valence-electron chi connectivity index (χ0n) is 10.1. The van der Waals surface area contributed by atoms with Gasteiger partial charge in [0.25, 0.3) is 10.2 Å². The Labute approximate surface area is 112 Å². The van der Waals surface area contributed by atoms with E-state index in [-0.39, 0.29) is 6.42 Å². The first-order chi connectivity index (χ1) is 8.51. The van der Waals surface area contributed by atoms with Crippen molar-refractivity contribution in [2.75, 3.05) is 31.1 Å².